The standard InChI is InChI=1S/C29H22Cl2N2O5S2/c1-2-38-29(35)24-23(19-13-7-9-15-21(19)31)25(40(36,37)18-11-4-3-5-12-18)26(32)33-27(34)22(39-28(24)33)16-17-10-6-8-14-20(17)30/h3-16,23H,2,32H2,1H3/b22-16-/t23-/m0/s1. The van der Waals surface area contributed by atoms with Crippen LogP contribution in [0.3, 0.4) is 0 Å². The van der Waals surface area contributed by atoms with Crippen molar-refractivity contribution < 1.29 is 17.9 Å². The second-order valence-corrected chi connectivity index (χ2v) is 12.5. The van der Waals surface area contributed by atoms with E-state index in [2.05, 4.69) is 0 Å². The minimum atomic E-state index is -4.34. The summed E-state index contributed by atoms with van der Waals surface area (Å²) in [6.07, 6.45) is 1.58. The van der Waals surface area contributed by atoms with Crippen LogP contribution in [0.15, 0.2) is 93.5 Å². The quantitative estimate of drug-likeness (QED) is 0.328. The third-order valence-corrected chi connectivity index (χ3v) is 10.1. The Balaban J connectivity index is 1.96. The number of allylic oxidation sites excluding steroid dienone is 1. The van der Waals surface area contributed by atoms with Gasteiger partial charge in [0.05, 0.1) is 27.5 Å². The van der Waals surface area contributed by atoms with Crippen LogP contribution < -0.4 is 20.5 Å². The molecule has 2 heterocycles. The summed E-state index contributed by atoms with van der Waals surface area (Å²) in [5, 5.41) is 0.635. The monoisotopic (exact) mass is 612 g/mol. The van der Waals surface area contributed by atoms with Crippen molar-refractivity contribution in [1.29, 1.82) is 0 Å². The van der Waals surface area contributed by atoms with Crippen molar-refractivity contribution >= 4 is 67.8 Å². The number of halogens is 2. The van der Waals surface area contributed by atoms with Crippen LogP contribution in [0.25, 0.3) is 17.5 Å². The number of carbonyl (C=O) groups is 1. The number of thiazole rings is 1. The highest BCUT2D eigenvalue weighted by atomic mass is 35.5. The number of nitrogens with zero attached hydrogens (tertiary/aromatic N) is 1. The summed E-state index contributed by atoms with van der Waals surface area (Å²) in [5.74, 6) is -2.36. The maximum absolute atomic E-state index is 14.2. The van der Waals surface area contributed by atoms with Crippen LogP contribution in [0.4, 0.5) is 0 Å². The van der Waals surface area contributed by atoms with Gasteiger partial charge in [-0.05, 0) is 48.4 Å². The third-order valence-electron chi connectivity index (χ3n) is 6.34. The molecule has 7 nitrogen and oxygen atoms in total. The highest BCUT2D eigenvalue weighted by molar-refractivity contribution is 7.95. The molecule has 204 valence electrons. The van der Waals surface area contributed by atoms with Crippen molar-refractivity contribution in [2.24, 2.45) is 5.73 Å². The number of carbonyl (C=O) groups excluding carboxylic acids is 1. The van der Waals surface area contributed by atoms with E-state index in [1.807, 2.05) is 0 Å². The Labute approximate surface area is 244 Å². The minimum Gasteiger partial charge on any atom is -0.463 e. The lowest BCUT2D eigenvalue weighted by Gasteiger charge is -2.28. The fourth-order valence-corrected chi connectivity index (χ4v) is 7.85. The molecule has 0 spiro atoms. The van der Waals surface area contributed by atoms with Gasteiger partial charge >= 0.3 is 5.97 Å². The number of sulfone groups is 1. The smallest absolute Gasteiger partial charge is 0.338 e. The lowest BCUT2D eigenvalue weighted by molar-refractivity contribution is -0.136. The van der Waals surface area contributed by atoms with Crippen molar-refractivity contribution in [3.05, 3.63) is 124 Å². The number of hydrogen-bond donors (Lipinski definition) is 1. The van der Waals surface area contributed by atoms with Crippen molar-refractivity contribution in [2.45, 2.75) is 17.7 Å². The lowest BCUT2D eigenvalue weighted by atomic mass is 9.89. The van der Waals surface area contributed by atoms with Gasteiger partial charge in [0.1, 0.15) is 15.4 Å². The number of esters is 1. The molecule has 40 heavy (non-hydrogen) atoms. The van der Waals surface area contributed by atoms with E-state index in [0.29, 0.717) is 16.1 Å². The van der Waals surface area contributed by atoms with E-state index in [9.17, 15) is 18.0 Å². The number of benzene rings is 3. The average Bonchev–Trinajstić information content (AvgIpc) is 3.26. The third kappa shape index (κ3) is 4.79. The molecule has 3 aromatic carbocycles. The van der Waals surface area contributed by atoms with E-state index in [-0.39, 0.29) is 42.0 Å². The molecule has 1 aliphatic heterocycles. The Kier molecular flexibility index (Phi) is 7.74. The van der Waals surface area contributed by atoms with Gasteiger partial charge in [0.2, 0.25) is 9.84 Å². The van der Waals surface area contributed by atoms with E-state index in [0.717, 1.165) is 15.9 Å². The molecule has 0 fully saturated rings. The number of nitrogens with two attached hydrogens (primary N) is 1. The summed E-state index contributed by atoms with van der Waals surface area (Å²) >= 11 is 13.9. The van der Waals surface area contributed by atoms with Crippen LogP contribution in [0, 0.1) is 0 Å². The first-order chi connectivity index (χ1) is 19.2. The normalized spacial score (nSPS) is 15.7. The summed E-state index contributed by atoms with van der Waals surface area (Å²) in [6, 6.07) is 21.2. The molecule has 0 saturated heterocycles. The zero-order chi connectivity index (χ0) is 28.6. The fourth-order valence-electron chi connectivity index (χ4n) is 4.57. The van der Waals surface area contributed by atoms with E-state index < -0.39 is 27.3 Å². The van der Waals surface area contributed by atoms with Crippen LogP contribution in [-0.4, -0.2) is 25.6 Å². The average molecular weight is 614 g/mol. The number of ether oxygens (including phenoxy) is 1. The van der Waals surface area contributed by atoms with Crippen molar-refractivity contribution in [3.8, 4) is 0 Å². The second kappa shape index (κ2) is 11.1. The molecule has 4 aromatic rings. The van der Waals surface area contributed by atoms with Gasteiger partial charge in [-0.1, -0.05) is 77.8 Å². The Hall–Kier alpha value is -3.63. The van der Waals surface area contributed by atoms with Gasteiger partial charge in [-0.2, -0.15) is 0 Å². The summed E-state index contributed by atoms with van der Waals surface area (Å²) in [4.78, 5) is 27.0. The minimum absolute atomic E-state index is 0.0196. The topological polar surface area (TPSA) is 108 Å². The first-order valence-electron chi connectivity index (χ1n) is 12.1. The molecule has 0 amide bonds. The molecule has 1 aromatic heterocycles. The van der Waals surface area contributed by atoms with Crippen LogP contribution in [-0.2, 0) is 19.4 Å². The van der Waals surface area contributed by atoms with Crippen LogP contribution >= 0.6 is 34.5 Å². The zero-order valence-corrected chi connectivity index (χ0v) is 24.2. The molecule has 0 aliphatic carbocycles. The van der Waals surface area contributed by atoms with E-state index in [4.69, 9.17) is 33.7 Å². The molecule has 0 saturated carbocycles. The Bertz CT molecular complexity index is 1960. The summed E-state index contributed by atoms with van der Waals surface area (Å²) in [5.41, 5.74) is 6.83. The molecule has 0 radical (unpaired) electrons. The molecule has 11 heteroatoms. The van der Waals surface area contributed by atoms with Gasteiger partial charge in [0.15, 0.2) is 0 Å². The summed E-state index contributed by atoms with van der Waals surface area (Å²) in [7, 11) is -4.34. The van der Waals surface area contributed by atoms with Gasteiger partial charge in [-0.25, -0.2) is 13.2 Å². The number of hydrogen-bond acceptors (Lipinski definition) is 7. The largest absolute Gasteiger partial charge is 0.463 e. The maximum atomic E-state index is 14.2. The fraction of sp³-hybridized carbons (Fsp3) is 0.103. The first kappa shape index (κ1) is 27.9. The molecule has 0 unspecified atom stereocenters. The summed E-state index contributed by atoms with van der Waals surface area (Å²) < 4.78 is 35.2. The highest BCUT2D eigenvalue weighted by Crippen LogP contribution is 2.44. The van der Waals surface area contributed by atoms with E-state index >= 15 is 0 Å². The second-order valence-electron chi connectivity index (χ2n) is 8.73. The SMILES string of the molecule is CCOC(=O)C1=c2s/c(=C\c3ccccc3Cl)c(=O)n2C(N)=C(S(=O)(=O)c2ccccc2)[C@H]1c1ccccc1Cl. The Morgan fingerprint density at radius 3 is 2.27 bits per heavy atom. The highest BCUT2D eigenvalue weighted by Gasteiger charge is 2.43. The number of rotatable bonds is 6. The molecule has 1 atom stereocenters. The molecule has 0 bridgehead atoms. The maximum Gasteiger partial charge on any atom is 0.338 e. The number of fused-ring (bicyclic) bond motifs is 1. The van der Waals surface area contributed by atoms with Crippen LogP contribution in [0.5, 0.6) is 0 Å². The van der Waals surface area contributed by atoms with Gasteiger partial charge < -0.3 is 10.5 Å². The lowest BCUT2D eigenvalue weighted by Crippen LogP contribution is -2.41. The van der Waals surface area contributed by atoms with Gasteiger partial charge in [0.25, 0.3) is 5.56 Å². The number of aromatic nitrogens is 1. The van der Waals surface area contributed by atoms with Gasteiger partial charge in [0, 0.05) is 10.0 Å². The molecule has 1 aliphatic rings. The predicted octanol–water partition coefficient (Wildman–Crippen LogP) is 4.12. The van der Waals surface area contributed by atoms with Crippen molar-refractivity contribution in [2.75, 3.05) is 6.61 Å². The van der Waals surface area contributed by atoms with Gasteiger partial charge in [-0.15, -0.1) is 11.3 Å². The van der Waals surface area contributed by atoms with E-state index in [1.165, 1.54) is 12.1 Å². The van der Waals surface area contributed by atoms with Gasteiger partial charge in [-0.3, -0.25) is 9.36 Å². The van der Waals surface area contributed by atoms with Crippen molar-refractivity contribution in [3.63, 3.8) is 0 Å². The molecule has 2 N–H and O–H groups in total. The Morgan fingerprint density at radius 1 is 1.00 bits per heavy atom. The van der Waals surface area contributed by atoms with Crippen molar-refractivity contribution in [1.82, 2.24) is 4.57 Å². The Morgan fingerprint density at radius 2 is 1.62 bits per heavy atom. The predicted molar refractivity (Wildman–Crippen MR) is 158 cm³/mol. The molecule has 5 rings (SSSR count). The first-order valence-corrected chi connectivity index (χ1v) is 15.2. The van der Waals surface area contributed by atoms with E-state index in [1.54, 1.807) is 79.7 Å². The zero-order valence-electron chi connectivity index (χ0n) is 21.0. The van der Waals surface area contributed by atoms with Crippen LogP contribution in [0.1, 0.15) is 24.0 Å². The van der Waals surface area contributed by atoms with Crippen LogP contribution in [0.2, 0.25) is 10.0 Å². The molecular weight excluding hydrogens is 591 g/mol. The summed E-state index contributed by atoms with van der Waals surface area (Å²) in [6.45, 7) is 1.65. The molecular formula is C29H22Cl2N2O5S2.